The van der Waals surface area contributed by atoms with Crippen molar-refractivity contribution in [3.05, 3.63) is 0 Å². The smallest absolute Gasteiger partial charge is 0.306 e. The molecular formula is C12H22N2O3. The molecule has 98 valence electrons. The number of nitrogens with one attached hydrogen (secondary N) is 1. The zero-order chi connectivity index (χ0) is 13.1. The van der Waals surface area contributed by atoms with Gasteiger partial charge in [-0.05, 0) is 39.5 Å². The minimum atomic E-state index is -0.606. The van der Waals surface area contributed by atoms with E-state index in [1.54, 1.807) is 0 Å². The average Bonchev–Trinajstić information content (AvgIpc) is 2.30. The number of carbonyl (C=O) groups is 2. The summed E-state index contributed by atoms with van der Waals surface area (Å²) in [5, 5.41) is 2.73. The highest BCUT2D eigenvalue weighted by atomic mass is 16.6. The van der Waals surface area contributed by atoms with E-state index in [9.17, 15) is 9.59 Å². The molecular weight excluding hydrogens is 220 g/mol. The Morgan fingerprint density at radius 3 is 2.76 bits per heavy atom. The minimum absolute atomic E-state index is 0.118. The summed E-state index contributed by atoms with van der Waals surface area (Å²) in [6.45, 7) is 6.11. The molecule has 0 spiro atoms. The third-order valence-corrected chi connectivity index (χ3v) is 2.71. The van der Waals surface area contributed by atoms with E-state index in [0.29, 0.717) is 6.54 Å². The van der Waals surface area contributed by atoms with Crippen LogP contribution in [0, 0.1) is 5.92 Å². The topological polar surface area (TPSA) is 81.4 Å². The Balaban J connectivity index is 2.54. The Hall–Kier alpha value is -1.10. The van der Waals surface area contributed by atoms with Crippen molar-refractivity contribution in [2.24, 2.45) is 11.7 Å². The number of hydrogen-bond donors (Lipinski definition) is 2. The first kappa shape index (κ1) is 14.0. The SMILES string of the molecule is CC(C)(C)OC(=O)C[C@@H]1CCCNC(=O)C1N. The molecule has 17 heavy (non-hydrogen) atoms. The lowest BCUT2D eigenvalue weighted by molar-refractivity contribution is -0.156. The molecule has 5 heteroatoms. The molecule has 1 unspecified atom stereocenters. The van der Waals surface area contributed by atoms with Gasteiger partial charge in [0, 0.05) is 6.54 Å². The van der Waals surface area contributed by atoms with Crippen molar-refractivity contribution in [3.63, 3.8) is 0 Å². The third kappa shape index (κ3) is 4.73. The van der Waals surface area contributed by atoms with Gasteiger partial charge in [-0.3, -0.25) is 9.59 Å². The van der Waals surface area contributed by atoms with Crippen LogP contribution in [0.1, 0.15) is 40.0 Å². The minimum Gasteiger partial charge on any atom is -0.460 e. The number of hydrogen-bond acceptors (Lipinski definition) is 4. The fourth-order valence-corrected chi connectivity index (χ4v) is 1.91. The molecule has 0 aromatic carbocycles. The molecule has 1 heterocycles. The second-order valence-corrected chi connectivity index (χ2v) is 5.51. The molecule has 0 bridgehead atoms. The van der Waals surface area contributed by atoms with E-state index in [4.69, 9.17) is 10.5 Å². The fourth-order valence-electron chi connectivity index (χ4n) is 1.91. The van der Waals surface area contributed by atoms with Crippen LogP contribution in [0.25, 0.3) is 0 Å². The second kappa shape index (κ2) is 5.49. The van der Waals surface area contributed by atoms with E-state index in [1.807, 2.05) is 20.8 Å². The summed E-state index contributed by atoms with van der Waals surface area (Å²) in [5.74, 6) is -0.573. The van der Waals surface area contributed by atoms with Crippen LogP contribution in [-0.4, -0.2) is 30.1 Å². The van der Waals surface area contributed by atoms with Gasteiger partial charge in [-0.2, -0.15) is 0 Å². The normalized spacial score (nSPS) is 26.0. The fraction of sp³-hybridized carbons (Fsp3) is 0.833. The van der Waals surface area contributed by atoms with Crippen molar-refractivity contribution in [2.75, 3.05) is 6.54 Å². The summed E-state index contributed by atoms with van der Waals surface area (Å²) in [4.78, 5) is 23.2. The van der Waals surface area contributed by atoms with Gasteiger partial charge in [-0.1, -0.05) is 0 Å². The summed E-state index contributed by atoms with van der Waals surface area (Å²) in [5.41, 5.74) is 5.32. The monoisotopic (exact) mass is 242 g/mol. The Kier molecular flexibility index (Phi) is 4.51. The number of carbonyl (C=O) groups excluding carboxylic acids is 2. The summed E-state index contributed by atoms with van der Waals surface area (Å²) in [6, 6.07) is -0.606. The predicted octanol–water partition coefficient (Wildman–Crippen LogP) is 0.572. The lowest BCUT2D eigenvalue weighted by Crippen LogP contribution is -2.44. The van der Waals surface area contributed by atoms with Crippen molar-refractivity contribution >= 4 is 11.9 Å². The predicted molar refractivity (Wildman–Crippen MR) is 64.2 cm³/mol. The van der Waals surface area contributed by atoms with Gasteiger partial charge in [-0.15, -0.1) is 0 Å². The molecule has 3 N–H and O–H groups in total. The Bertz CT molecular complexity index is 297. The van der Waals surface area contributed by atoms with E-state index >= 15 is 0 Å². The molecule has 0 aromatic heterocycles. The zero-order valence-electron chi connectivity index (χ0n) is 10.8. The van der Waals surface area contributed by atoms with E-state index in [-0.39, 0.29) is 24.2 Å². The lowest BCUT2D eigenvalue weighted by Gasteiger charge is -2.23. The number of nitrogens with two attached hydrogens (primary N) is 1. The summed E-state index contributed by atoms with van der Waals surface area (Å²) < 4.78 is 5.24. The summed E-state index contributed by atoms with van der Waals surface area (Å²) in [6.07, 6.45) is 1.85. The molecule has 0 saturated carbocycles. The van der Waals surface area contributed by atoms with Gasteiger partial charge in [-0.25, -0.2) is 0 Å². The molecule has 1 amide bonds. The average molecular weight is 242 g/mol. The number of amides is 1. The highest BCUT2D eigenvalue weighted by Gasteiger charge is 2.30. The van der Waals surface area contributed by atoms with Crippen LogP contribution in [-0.2, 0) is 14.3 Å². The summed E-state index contributed by atoms with van der Waals surface area (Å²) in [7, 11) is 0. The van der Waals surface area contributed by atoms with Crippen LogP contribution in [0.15, 0.2) is 0 Å². The van der Waals surface area contributed by atoms with Crippen LogP contribution in [0.3, 0.4) is 0 Å². The third-order valence-electron chi connectivity index (χ3n) is 2.71. The van der Waals surface area contributed by atoms with Gasteiger partial charge in [0.05, 0.1) is 12.5 Å². The molecule has 0 radical (unpaired) electrons. The number of esters is 1. The molecule has 5 nitrogen and oxygen atoms in total. The second-order valence-electron chi connectivity index (χ2n) is 5.51. The van der Waals surface area contributed by atoms with Gasteiger partial charge in [0.15, 0.2) is 0 Å². The van der Waals surface area contributed by atoms with Crippen LogP contribution in [0.4, 0.5) is 0 Å². The molecule has 1 aliphatic heterocycles. The highest BCUT2D eigenvalue weighted by Crippen LogP contribution is 2.20. The van der Waals surface area contributed by atoms with Gasteiger partial charge in [0.2, 0.25) is 5.91 Å². The maximum absolute atomic E-state index is 11.7. The molecule has 0 aromatic rings. The van der Waals surface area contributed by atoms with E-state index < -0.39 is 11.6 Å². The van der Waals surface area contributed by atoms with Gasteiger partial charge < -0.3 is 15.8 Å². The molecule has 1 aliphatic rings. The van der Waals surface area contributed by atoms with Crippen molar-refractivity contribution in [1.82, 2.24) is 5.32 Å². The summed E-state index contributed by atoms with van der Waals surface area (Å²) >= 11 is 0. The van der Waals surface area contributed by atoms with Gasteiger partial charge in [0.25, 0.3) is 0 Å². The van der Waals surface area contributed by atoms with E-state index in [1.165, 1.54) is 0 Å². The lowest BCUT2D eigenvalue weighted by atomic mass is 9.92. The van der Waals surface area contributed by atoms with Crippen LogP contribution in [0.2, 0.25) is 0 Å². The molecule has 0 aliphatic carbocycles. The van der Waals surface area contributed by atoms with Crippen molar-refractivity contribution < 1.29 is 14.3 Å². The Morgan fingerprint density at radius 1 is 1.53 bits per heavy atom. The number of rotatable bonds is 2. The quantitative estimate of drug-likeness (QED) is 0.694. The molecule has 1 fully saturated rings. The van der Waals surface area contributed by atoms with Crippen molar-refractivity contribution in [2.45, 2.75) is 51.7 Å². The molecule has 1 rings (SSSR count). The van der Waals surface area contributed by atoms with E-state index in [2.05, 4.69) is 5.32 Å². The van der Waals surface area contributed by atoms with Crippen LogP contribution >= 0.6 is 0 Å². The Labute approximate surface area is 102 Å². The number of ether oxygens (including phenoxy) is 1. The van der Waals surface area contributed by atoms with Gasteiger partial charge in [0.1, 0.15) is 5.60 Å². The molecule has 2 atom stereocenters. The van der Waals surface area contributed by atoms with Crippen molar-refractivity contribution in [3.8, 4) is 0 Å². The van der Waals surface area contributed by atoms with Crippen molar-refractivity contribution in [1.29, 1.82) is 0 Å². The zero-order valence-corrected chi connectivity index (χ0v) is 10.8. The van der Waals surface area contributed by atoms with Crippen LogP contribution in [0.5, 0.6) is 0 Å². The van der Waals surface area contributed by atoms with Crippen LogP contribution < -0.4 is 11.1 Å². The highest BCUT2D eigenvalue weighted by molar-refractivity contribution is 5.83. The standard InChI is InChI=1S/C12H22N2O3/c1-12(2,3)17-9(15)7-8-5-4-6-14-11(16)10(8)13/h8,10H,4-7,13H2,1-3H3,(H,14,16)/t8-,10?/m0/s1. The first-order valence-corrected chi connectivity index (χ1v) is 6.05. The van der Waals surface area contributed by atoms with Gasteiger partial charge >= 0.3 is 5.97 Å². The molecule has 1 saturated heterocycles. The maximum atomic E-state index is 11.7. The largest absolute Gasteiger partial charge is 0.460 e. The first-order valence-electron chi connectivity index (χ1n) is 6.05. The first-order chi connectivity index (χ1) is 7.79. The van der Waals surface area contributed by atoms with E-state index in [0.717, 1.165) is 12.8 Å². The Morgan fingerprint density at radius 2 is 2.18 bits per heavy atom. The maximum Gasteiger partial charge on any atom is 0.306 e.